The van der Waals surface area contributed by atoms with Gasteiger partial charge in [0.2, 0.25) is 5.91 Å². The first kappa shape index (κ1) is 20.9. The molecule has 160 valence electrons. The number of nitrogens with zero attached hydrogens (tertiary/aromatic N) is 1. The summed E-state index contributed by atoms with van der Waals surface area (Å²) in [6, 6.07) is 0.156. The molecule has 0 saturated carbocycles. The summed E-state index contributed by atoms with van der Waals surface area (Å²) < 4.78 is 13.2. The summed E-state index contributed by atoms with van der Waals surface area (Å²) in [5, 5.41) is 6.54. The molecule has 0 radical (unpaired) electrons. The van der Waals surface area contributed by atoms with Crippen LogP contribution in [0, 0.1) is 5.92 Å². The summed E-state index contributed by atoms with van der Waals surface area (Å²) >= 11 is 0. The number of amides is 1. The maximum absolute atomic E-state index is 13.2. The van der Waals surface area contributed by atoms with E-state index in [1.54, 1.807) is 6.08 Å². The lowest BCUT2D eigenvalue weighted by molar-refractivity contribution is -0.117. The van der Waals surface area contributed by atoms with E-state index in [-0.39, 0.29) is 23.8 Å². The van der Waals surface area contributed by atoms with Gasteiger partial charge in [-0.05, 0) is 56.3 Å². The minimum absolute atomic E-state index is 0.0199. The summed E-state index contributed by atoms with van der Waals surface area (Å²) in [4.78, 5) is 15.1. The predicted molar refractivity (Wildman–Crippen MR) is 119 cm³/mol. The Kier molecular flexibility index (Phi) is 6.38. The zero-order chi connectivity index (χ0) is 21.1. The molecule has 1 aliphatic carbocycles. The molecule has 2 N–H and O–H groups in total. The van der Waals surface area contributed by atoms with Gasteiger partial charge in [0.15, 0.2) is 0 Å². The third-order valence-corrected chi connectivity index (χ3v) is 6.77. The molecule has 0 spiro atoms. The van der Waals surface area contributed by atoms with Crippen LogP contribution in [0.25, 0.3) is 0 Å². The largest absolute Gasteiger partial charge is 0.371 e. The molecule has 30 heavy (non-hydrogen) atoms. The topological polar surface area (TPSA) is 44.4 Å². The van der Waals surface area contributed by atoms with Crippen LogP contribution in [0.1, 0.15) is 39.0 Å². The highest BCUT2D eigenvalue weighted by Gasteiger charge is 2.30. The first-order valence-corrected chi connectivity index (χ1v) is 11.1. The number of hydrogen-bond acceptors (Lipinski definition) is 3. The number of halogens is 1. The highest BCUT2D eigenvalue weighted by atomic mass is 19.1. The van der Waals surface area contributed by atoms with Crippen molar-refractivity contribution < 1.29 is 9.18 Å². The van der Waals surface area contributed by atoms with Gasteiger partial charge >= 0.3 is 0 Å². The number of carbonyl (C=O) groups excluding carboxylic acids is 1. The maximum Gasteiger partial charge on any atom is 0.248 e. The summed E-state index contributed by atoms with van der Waals surface area (Å²) in [7, 11) is 0. The van der Waals surface area contributed by atoms with Gasteiger partial charge in [0.05, 0.1) is 0 Å². The summed E-state index contributed by atoms with van der Waals surface area (Å²) in [6.45, 7) is 8.77. The van der Waals surface area contributed by atoms with Gasteiger partial charge in [0, 0.05) is 49.4 Å². The van der Waals surface area contributed by atoms with Gasteiger partial charge in [-0.2, -0.15) is 0 Å². The highest BCUT2D eigenvalue weighted by molar-refractivity contribution is 5.94. The first-order valence-electron chi connectivity index (χ1n) is 11.1. The van der Waals surface area contributed by atoms with Crippen LogP contribution in [-0.4, -0.2) is 42.5 Å². The van der Waals surface area contributed by atoms with Crippen LogP contribution >= 0.6 is 0 Å². The number of nitrogens with one attached hydrogen (secondary N) is 2. The lowest BCUT2D eigenvalue weighted by atomic mass is 9.82. The number of fused-ring (bicyclic) bond motifs is 2. The predicted octanol–water partition coefficient (Wildman–Crippen LogP) is 4.07. The number of allylic oxidation sites excluding steroid dienone is 6. The van der Waals surface area contributed by atoms with Crippen LogP contribution in [0.5, 0.6) is 0 Å². The molecule has 1 amide bonds. The van der Waals surface area contributed by atoms with Crippen molar-refractivity contribution in [2.24, 2.45) is 5.92 Å². The lowest BCUT2D eigenvalue weighted by Gasteiger charge is -2.42. The molecule has 5 rings (SSSR count). The normalized spacial score (nSPS) is 27.1. The molecule has 2 unspecified atom stereocenters. The van der Waals surface area contributed by atoms with Crippen molar-refractivity contribution in [1.29, 1.82) is 0 Å². The summed E-state index contributed by atoms with van der Waals surface area (Å²) in [5.41, 5.74) is 4.61. The minimum atomic E-state index is -0.0551. The van der Waals surface area contributed by atoms with Gasteiger partial charge in [0.25, 0.3) is 0 Å². The van der Waals surface area contributed by atoms with Crippen LogP contribution in [0.2, 0.25) is 0 Å². The fourth-order valence-electron chi connectivity index (χ4n) is 5.08. The second-order valence-corrected chi connectivity index (χ2v) is 8.61. The molecule has 4 nitrogen and oxygen atoms in total. The molecule has 5 heteroatoms. The average molecular weight is 410 g/mol. The zero-order valence-corrected chi connectivity index (χ0v) is 17.8. The van der Waals surface area contributed by atoms with E-state index in [1.165, 1.54) is 29.7 Å². The van der Waals surface area contributed by atoms with E-state index in [0.29, 0.717) is 18.9 Å². The molecule has 0 aromatic rings. The van der Waals surface area contributed by atoms with E-state index in [1.807, 2.05) is 25.2 Å². The van der Waals surface area contributed by atoms with Gasteiger partial charge in [-0.25, -0.2) is 4.39 Å². The lowest BCUT2D eigenvalue weighted by Crippen LogP contribution is -2.45. The number of piperidine rings is 1. The van der Waals surface area contributed by atoms with E-state index >= 15 is 0 Å². The quantitative estimate of drug-likeness (QED) is 0.695. The molecule has 0 aromatic heterocycles. The highest BCUT2D eigenvalue weighted by Crippen LogP contribution is 2.36. The third-order valence-electron chi connectivity index (χ3n) is 6.77. The third kappa shape index (κ3) is 4.36. The fourth-order valence-corrected chi connectivity index (χ4v) is 5.08. The molecular weight excluding hydrogens is 377 g/mol. The molecule has 1 saturated heterocycles. The average Bonchev–Trinajstić information content (AvgIpc) is 2.77. The minimum Gasteiger partial charge on any atom is -0.371 e. The summed E-state index contributed by atoms with van der Waals surface area (Å²) in [6.07, 6.45) is 16.1. The Morgan fingerprint density at radius 2 is 2.13 bits per heavy atom. The molecule has 1 fully saturated rings. The molecule has 4 aliphatic heterocycles. The molecule has 4 heterocycles. The zero-order valence-electron chi connectivity index (χ0n) is 17.8. The van der Waals surface area contributed by atoms with E-state index in [2.05, 4.69) is 34.3 Å². The van der Waals surface area contributed by atoms with Gasteiger partial charge in [-0.3, -0.25) is 4.79 Å². The Bertz CT molecular complexity index is 856. The summed E-state index contributed by atoms with van der Waals surface area (Å²) in [5.74, 6) is 0.545. The van der Waals surface area contributed by atoms with Crippen LogP contribution in [0.4, 0.5) is 4.39 Å². The van der Waals surface area contributed by atoms with Crippen molar-refractivity contribution in [3.63, 3.8) is 0 Å². The van der Waals surface area contributed by atoms with Crippen molar-refractivity contribution in [3.05, 3.63) is 71.3 Å². The van der Waals surface area contributed by atoms with Gasteiger partial charge in [-0.1, -0.05) is 36.5 Å². The fraction of sp³-hybridized carbons (Fsp3) is 0.480. The Labute approximate surface area is 179 Å². The van der Waals surface area contributed by atoms with Crippen LogP contribution in [0.15, 0.2) is 71.3 Å². The Hall–Kier alpha value is -2.40. The van der Waals surface area contributed by atoms with Crippen LogP contribution in [-0.2, 0) is 4.79 Å². The van der Waals surface area contributed by atoms with Crippen molar-refractivity contribution in [3.8, 4) is 0 Å². The Balaban J connectivity index is 1.32. The van der Waals surface area contributed by atoms with E-state index in [4.69, 9.17) is 0 Å². The van der Waals surface area contributed by atoms with Crippen molar-refractivity contribution in [2.45, 2.75) is 51.1 Å². The first-order chi connectivity index (χ1) is 14.6. The standard InChI is InChI=1S/C25H32FN3O/c1-3-24-22(18-12-15-29(24)16-13-18)5-4-14-27-25(30)21-10-11-23(28-17(21)2)19-6-8-20(26)9-7-19/h3-6,8,10,17-18,23,28H,1,7,9,11-16H2,2H3,(H,27,30)/b5-4-. The monoisotopic (exact) mass is 409 g/mol. The number of hydrogen-bond donors (Lipinski definition) is 2. The smallest absolute Gasteiger partial charge is 0.248 e. The SMILES string of the molecule is C=CC1=C(/C=C\CNC(=O)C2=CCC(C3=CC=C(F)CC3)NC2C)C2CCN1CC2. The van der Waals surface area contributed by atoms with Gasteiger partial charge < -0.3 is 15.5 Å². The van der Waals surface area contributed by atoms with Gasteiger partial charge in [0.1, 0.15) is 5.83 Å². The van der Waals surface area contributed by atoms with E-state index in [9.17, 15) is 9.18 Å². The van der Waals surface area contributed by atoms with Crippen molar-refractivity contribution in [2.75, 3.05) is 19.6 Å². The maximum atomic E-state index is 13.2. The van der Waals surface area contributed by atoms with E-state index in [0.717, 1.165) is 31.5 Å². The molecule has 2 bridgehead atoms. The van der Waals surface area contributed by atoms with Crippen molar-refractivity contribution >= 4 is 5.91 Å². The second kappa shape index (κ2) is 9.17. The number of rotatable bonds is 6. The van der Waals surface area contributed by atoms with Gasteiger partial charge in [-0.15, -0.1) is 0 Å². The molecule has 5 aliphatic rings. The Morgan fingerprint density at radius 1 is 1.33 bits per heavy atom. The number of carbonyl (C=O) groups is 1. The van der Waals surface area contributed by atoms with Crippen molar-refractivity contribution in [1.82, 2.24) is 15.5 Å². The molecule has 0 aromatic carbocycles. The van der Waals surface area contributed by atoms with Crippen LogP contribution < -0.4 is 10.6 Å². The van der Waals surface area contributed by atoms with E-state index < -0.39 is 0 Å². The van der Waals surface area contributed by atoms with Crippen LogP contribution in [0.3, 0.4) is 0 Å². The molecular formula is C25H32FN3O. The molecule has 2 atom stereocenters. The Morgan fingerprint density at radius 3 is 2.80 bits per heavy atom. The second-order valence-electron chi connectivity index (χ2n) is 8.61.